The molecule has 1 saturated carbocycles. The number of carbonyl (C=O) groups excluding carboxylic acids is 2. The van der Waals surface area contributed by atoms with Crippen molar-refractivity contribution in [2.45, 2.75) is 44.8 Å². The molecular weight excluding hydrogens is 352 g/mol. The van der Waals surface area contributed by atoms with Crippen LogP contribution in [0.25, 0.3) is 0 Å². The van der Waals surface area contributed by atoms with Crippen LogP contribution in [0.3, 0.4) is 0 Å². The maximum Gasteiger partial charge on any atom is 0.265 e. The molecule has 2 N–H and O–H groups in total. The lowest BCUT2D eigenvalue weighted by Gasteiger charge is -2.31. The highest BCUT2D eigenvalue weighted by Gasteiger charge is 2.42. The standard InChI is InChI=1S/C19H20N2O4S/c1-12(22)20-17-8-7-16(26-17)18(23)21-13-5-6-14-15(11-13)25-19(24-14)9-3-2-4-10-19/h5-8,11H,2-4,9-10H2,1H3,(H,20,22)(H,21,23). The molecular formula is C19H20N2O4S. The third-order valence-corrected chi connectivity index (χ3v) is 5.54. The predicted octanol–water partition coefficient (Wildman–Crippen LogP) is 4.39. The summed E-state index contributed by atoms with van der Waals surface area (Å²) in [6, 6.07) is 8.86. The Labute approximate surface area is 155 Å². The second-order valence-electron chi connectivity index (χ2n) is 6.64. The van der Waals surface area contributed by atoms with E-state index in [1.165, 1.54) is 24.7 Å². The number of amides is 2. The maximum absolute atomic E-state index is 12.4. The summed E-state index contributed by atoms with van der Waals surface area (Å²) >= 11 is 1.23. The molecule has 0 unspecified atom stereocenters. The number of hydrogen-bond donors (Lipinski definition) is 2. The Balaban J connectivity index is 1.45. The topological polar surface area (TPSA) is 76.7 Å². The van der Waals surface area contributed by atoms with Crippen molar-refractivity contribution in [2.75, 3.05) is 10.6 Å². The summed E-state index contributed by atoms with van der Waals surface area (Å²) in [6.07, 6.45) is 5.21. The number of anilines is 2. The first-order chi connectivity index (χ1) is 12.5. The van der Waals surface area contributed by atoms with E-state index in [0.717, 1.165) is 31.4 Å². The van der Waals surface area contributed by atoms with E-state index in [9.17, 15) is 9.59 Å². The molecule has 1 aliphatic carbocycles. The van der Waals surface area contributed by atoms with E-state index in [-0.39, 0.29) is 11.8 Å². The number of thiophene rings is 1. The smallest absolute Gasteiger partial charge is 0.265 e. The highest BCUT2D eigenvalue weighted by Crippen LogP contribution is 2.46. The lowest BCUT2D eigenvalue weighted by atomic mass is 9.94. The van der Waals surface area contributed by atoms with Gasteiger partial charge in [-0.1, -0.05) is 6.42 Å². The molecule has 4 rings (SSSR count). The van der Waals surface area contributed by atoms with Gasteiger partial charge in [-0.2, -0.15) is 0 Å². The Morgan fingerprint density at radius 2 is 1.77 bits per heavy atom. The SMILES string of the molecule is CC(=O)Nc1ccc(C(=O)Nc2ccc3c(c2)OC2(CCCCC2)O3)s1. The van der Waals surface area contributed by atoms with Crippen molar-refractivity contribution in [3.05, 3.63) is 35.2 Å². The summed E-state index contributed by atoms with van der Waals surface area (Å²) in [5.74, 6) is 0.498. The van der Waals surface area contributed by atoms with Crippen LogP contribution in [-0.2, 0) is 4.79 Å². The zero-order valence-electron chi connectivity index (χ0n) is 14.5. The number of fused-ring (bicyclic) bond motifs is 1. The summed E-state index contributed by atoms with van der Waals surface area (Å²) in [4.78, 5) is 24.0. The number of ether oxygens (including phenoxy) is 2. The number of nitrogens with one attached hydrogen (secondary N) is 2. The third-order valence-electron chi connectivity index (χ3n) is 4.54. The van der Waals surface area contributed by atoms with Crippen LogP contribution in [0.5, 0.6) is 11.5 Å². The van der Waals surface area contributed by atoms with Gasteiger partial charge < -0.3 is 20.1 Å². The van der Waals surface area contributed by atoms with Crippen LogP contribution in [0.1, 0.15) is 48.7 Å². The van der Waals surface area contributed by atoms with Gasteiger partial charge in [0.1, 0.15) is 0 Å². The molecule has 1 aromatic carbocycles. The molecule has 136 valence electrons. The average molecular weight is 372 g/mol. The van der Waals surface area contributed by atoms with Crippen LogP contribution < -0.4 is 20.1 Å². The Hall–Kier alpha value is -2.54. The molecule has 26 heavy (non-hydrogen) atoms. The van der Waals surface area contributed by atoms with Crippen LogP contribution in [0.2, 0.25) is 0 Å². The van der Waals surface area contributed by atoms with Crippen molar-refractivity contribution in [3.63, 3.8) is 0 Å². The predicted molar refractivity (Wildman–Crippen MR) is 100 cm³/mol. The fourth-order valence-corrected chi connectivity index (χ4v) is 4.21. The highest BCUT2D eigenvalue weighted by atomic mass is 32.1. The molecule has 1 fully saturated rings. The minimum atomic E-state index is -0.524. The molecule has 2 amide bonds. The molecule has 0 saturated heterocycles. The largest absolute Gasteiger partial charge is 0.448 e. The summed E-state index contributed by atoms with van der Waals surface area (Å²) in [5, 5.41) is 6.19. The van der Waals surface area contributed by atoms with Gasteiger partial charge in [-0.3, -0.25) is 9.59 Å². The van der Waals surface area contributed by atoms with E-state index in [1.54, 1.807) is 18.2 Å². The van der Waals surface area contributed by atoms with Gasteiger partial charge >= 0.3 is 0 Å². The third kappa shape index (κ3) is 3.39. The molecule has 6 nitrogen and oxygen atoms in total. The van der Waals surface area contributed by atoms with Gasteiger partial charge in [-0.25, -0.2) is 0 Å². The van der Waals surface area contributed by atoms with Crippen molar-refractivity contribution < 1.29 is 19.1 Å². The normalized spacial score (nSPS) is 17.1. The molecule has 1 aliphatic heterocycles. The first-order valence-corrected chi connectivity index (χ1v) is 9.56. The van der Waals surface area contributed by atoms with Crippen LogP contribution >= 0.6 is 11.3 Å². The van der Waals surface area contributed by atoms with Gasteiger partial charge in [0.25, 0.3) is 11.7 Å². The minimum Gasteiger partial charge on any atom is -0.448 e. The van der Waals surface area contributed by atoms with Crippen molar-refractivity contribution in [2.24, 2.45) is 0 Å². The van der Waals surface area contributed by atoms with E-state index in [0.29, 0.717) is 21.3 Å². The van der Waals surface area contributed by atoms with E-state index in [1.807, 2.05) is 12.1 Å². The molecule has 1 spiro atoms. The Bertz CT molecular complexity index is 855. The maximum atomic E-state index is 12.4. The zero-order chi connectivity index (χ0) is 18.1. The molecule has 2 aromatic rings. The molecule has 2 aliphatic rings. The van der Waals surface area contributed by atoms with Gasteiger partial charge in [-0.15, -0.1) is 11.3 Å². The Morgan fingerprint density at radius 1 is 1.00 bits per heavy atom. The molecule has 0 atom stereocenters. The first-order valence-electron chi connectivity index (χ1n) is 8.74. The van der Waals surface area contributed by atoms with Crippen LogP contribution in [-0.4, -0.2) is 17.6 Å². The van der Waals surface area contributed by atoms with Crippen LogP contribution in [0.4, 0.5) is 10.7 Å². The number of hydrogen-bond acceptors (Lipinski definition) is 5. The van der Waals surface area contributed by atoms with Gasteiger partial charge in [0, 0.05) is 31.5 Å². The van der Waals surface area contributed by atoms with Crippen LogP contribution in [0, 0.1) is 0 Å². The van der Waals surface area contributed by atoms with Gasteiger partial charge in [0.2, 0.25) is 5.91 Å². The van der Waals surface area contributed by atoms with E-state index >= 15 is 0 Å². The van der Waals surface area contributed by atoms with E-state index in [2.05, 4.69) is 10.6 Å². The summed E-state index contributed by atoms with van der Waals surface area (Å²) in [6.45, 7) is 1.44. The fraction of sp³-hybridized carbons (Fsp3) is 0.368. The van der Waals surface area contributed by atoms with Crippen molar-refractivity contribution in [1.29, 1.82) is 0 Å². The second kappa shape index (κ2) is 6.64. The zero-order valence-corrected chi connectivity index (χ0v) is 15.3. The number of rotatable bonds is 3. The van der Waals surface area contributed by atoms with Crippen molar-refractivity contribution >= 4 is 33.8 Å². The van der Waals surface area contributed by atoms with Gasteiger partial charge in [-0.05, 0) is 37.1 Å². The minimum absolute atomic E-state index is 0.161. The summed E-state index contributed by atoms with van der Waals surface area (Å²) in [5.41, 5.74) is 0.652. The molecule has 0 bridgehead atoms. The van der Waals surface area contributed by atoms with E-state index < -0.39 is 5.79 Å². The molecule has 0 radical (unpaired) electrons. The number of benzene rings is 1. The summed E-state index contributed by atoms with van der Waals surface area (Å²) < 4.78 is 12.1. The lowest BCUT2D eigenvalue weighted by molar-refractivity contribution is -0.114. The monoisotopic (exact) mass is 372 g/mol. The Kier molecular flexibility index (Phi) is 4.32. The van der Waals surface area contributed by atoms with Crippen LogP contribution in [0.15, 0.2) is 30.3 Å². The quantitative estimate of drug-likeness (QED) is 0.838. The first kappa shape index (κ1) is 16.9. The summed E-state index contributed by atoms with van der Waals surface area (Å²) in [7, 11) is 0. The highest BCUT2D eigenvalue weighted by molar-refractivity contribution is 7.18. The average Bonchev–Trinajstić information content (AvgIpc) is 3.19. The second-order valence-corrected chi connectivity index (χ2v) is 7.72. The van der Waals surface area contributed by atoms with Crippen molar-refractivity contribution in [1.82, 2.24) is 0 Å². The molecule has 7 heteroatoms. The Morgan fingerprint density at radius 3 is 2.54 bits per heavy atom. The fourth-order valence-electron chi connectivity index (χ4n) is 3.36. The number of carbonyl (C=O) groups is 2. The van der Waals surface area contributed by atoms with Gasteiger partial charge in [0.05, 0.1) is 9.88 Å². The lowest BCUT2D eigenvalue weighted by Crippen LogP contribution is -2.40. The van der Waals surface area contributed by atoms with E-state index in [4.69, 9.17) is 9.47 Å². The van der Waals surface area contributed by atoms with Gasteiger partial charge in [0.15, 0.2) is 11.5 Å². The molecule has 2 heterocycles. The molecule has 1 aromatic heterocycles. The van der Waals surface area contributed by atoms with Crippen molar-refractivity contribution in [3.8, 4) is 11.5 Å².